The van der Waals surface area contributed by atoms with Crippen molar-refractivity contribution in [3.05, 3.63) is 47.7 Å². The van der Waals surface area contributed by atoms with Crippen molar-refractivity contribution in [3.63, 3.8) is 0 Å². The molecule has 0 saturated heterocycles. The Morgan fingerprint density at radius 1 is 1.16 bits per heavy atom. The lowest BCUT2D eigenvalue weighted by molar-refractivity contribution is 0.198. The Morgan fingerprint density at radius 3 is 2.65 bits per heavy atom. The van der Waals surface area contributed by atoms with Crippen LogP contribution in [0.2, 0.25) is 0 Å². The first kappa shape index (κ1) is 25.0. The molecule has 1 heterocycles. The molecule has 1 saturated carbocycles. The molecule has 0 aliphatic heterocycles. The molecular formula is C23H33IN4O3. The van der Waals surface area contributed by atoms with Gasteiger partial charge in [-0.25, -0.2) is 4.98 Å². The summed E-state index contributed by atoms with van der Waals surface area (Å²) in [7, 11) is 3.44. The van der Waals surface area contributed by atoms with Gasteiger partial charge in [-0.15, -0.1) is 24.0 Å². The predicted octanol–water partition coefficient (Wildman–Crippen LogP) is 4.29. The van der Waals surface area contributed by atoms with E-state index in [0.29, 0.717) is 31.5 Å². The standard InChI is InChI=1S/C23H32N4O3.HI/c1-4-29-21-14-17(12-13-25-21)15-26-23(24-2)27-16-18-8-7-11-20(28-3)22(18)30-19-9-5-6-10-19;/h7-8,11-14,19H,4-6,9-10,15-16H2,1-3H3,(H2,24,26,27);1H. The number of aromatic nitrogens is 1. The van der Waals surface area contributed by atoms with Crippen LogP contribution < -0.4 is 24.8 Å². The van der Waals surface area contributed by atoms with Gasteiger partial charge in [0.25, 0.3) is 0 Å². The van der Waals surface area contributed by atoms with Crippen LogP contribution in [0.4, 0.5) is 0 Å². The van der Waals surface area contributed by atoms with Crippen LogP contribution in [0.3, 0.4) is 0 Å². The third kappa shape index (κ3) is 7.45. The fourth-order valence-electron chi connectivity index (χ4n) is 3.54. The highest BCUT2D eigenvalue weighted by Crippen LogP contribution is 2.34. The number of benzene rings is 1. The van der Waals surface area contributed by atoms with Gasteiger partial charge in [0.2, 0.25) is 5.88 Å². The Morgan fingerprint density at radius 2 is 1.94 bits per heavy atom. The molecule has 0 spiro atoms. The first-order chi connectivity index (χ1) is 14.7. The van der Waals surface area contributed by atoms with Gasteiger partial charge in [0.1, 0.15) is 0 Å². The summed E-state index contributed by atoms with van der Waals surface area (Å²) >= 11 is 0. The molecule has 2 N–H and O–H groups in total. The van der Waals surface area contributed by atoms with Crippen molar-refractivity contribution in [1.29, 1.82) is 0 Å². The monoisotopic (exact) mass is 540 g/mol. The van der Waals surface area contributed by atoms with Crippen molar-refractivity contribution in [2.45, 2.75) is 51.8 Å². The van der Waals surface area contributed by atoms with Crippen LogP contribution in [-0.2, 0) is 13.1 Å². The second-order valence-electron chi connectivity index (χ2n) is 7.19. The Bertz CT molecular complexity index is 841. The first-order valence-electron chi connectivity index (χ1n) is 10.6. The molecule has 1 aliphatic rings. The van der Waals surface area contributed by atoms with Gasteiger partial charge in [-0.3, -0.25) is 4.99 Å². The lowest BCUT2D eigenvalue weighted by atomic mass is 10.1. The molecule has 2 aromatic rings. The number of aliphatic imine (C=N–C) groups is 1. The SMILES string of the molecule is CCOc1cc(CNC(=NC)NCc2cccc(OC)c2OC2CCCC2)ccn1.I. The second kappa shape index (κ2) is 13.2. The number of ether oxygens (including phenoxy) is 3. The molecule has 0 radical (unpaired) electrons. The molecule has 7 nitrogen and oxygen atoms in total. The Hall–Kier alpha value is -2.23. The average Bonchev–Trinajstić information content (AvgIpc) is 3.28. The summed E-state index contributed by atoms with van der Waals surface area (Å²) in [5, 5.41) is 6.70. The molecular weight excluding hydrogens is 507 g/mol. The number of guanidine groups is 1. The quantitative estimate of drug-likeness (QED) is 0.281. The van der Waals surface area contributed by atoms with Crippen LogP contribution in [0.1, 0.15) is 43.7 Å². The predicted molar refractivity (Wildman–Crippen MR) is 134 cm³/mol. The molecule has 1 fully saturated rings. The minimum Gasteiger partial charge on any atom is -0.493 e. The van der Waals surface area contributed by atoms with E-state index in [-0.39, 0.29) is 30.1 Å². The van der Waals surface area contributed by atoms with Gasteiger partial charge in [0.15, 0.2) is 17.5 Å². The van der Waals surface area contributed by atoms with Gasteiger partial charge in [-0.05, 0) is 50.3 Å². The van der Waals surface area contributed by atoms with Gasteiger partial charge >= 0.3 is 0 Å². The number of halogens is 1. The largest absolute Gasteiger partial charge is 0.493 e. The van der Waals surface area contributed by atoms with Crippen LogP contribution in [-0.4, -0.2) is 37.8 Å². The smallest absolute Gasteiger partial charge is 0.213 e. The molecule has 31 heavy (non-hydrogen) atoms. The summed E-state index contributed by atoms with van der Waals surface area (Å²) in [5.74, 6) is 2.93. The molecule has 0 atom stereocenters. The Labute approximate surface area is 202 Å². The average molecular weight is 540 g/mol. The summed E-state index contributed by atoms with van der Waals surface area (Å²) < 4.78 is 17.3. The summed E-state index contributed by atoms with van der Waals surface area (Å²) in [4.78, 5) is 8.53. The molecule has 1 aromatic heterocycles. The van der Waals surface area contributed by atoms with Crippen molar-refractivity contribution in [1.82, 2.24) is 15.6 Å². The zero-order valence-corrected chi connectivity index (χ0v) is 20.8. The van der Waals surface area contributed by atoms with E-state index in [0.717, 1.165) is 35.5 Å². The highest BCUT2D eigenvalue weighted by Gasteiger charge is 2.20. The number of methoxy groups -OCH3 is 1. The third-order valence-electron chi connectivity index (χ3n) is 5.09. The fraction of sp³-hybridized carbons (Fsp3) is 0.478. The summed E-state index contributed by atoms with van der Waals surface area (Å²) in [5.41, 5.74) is 2.12. The molecule has 0 bridgehead atoms. The van der Waals surface area contributed by atoms with Crippen molar-refractivity contribution >= 4 is 29.9 Å². The van der Waals surface area contributed by atoms with E-state index in [4.69, 9.17) is 14.2 Å². The van der Waals surface area contributed by atoms with E-state index < -0.39 is 0 Å². The van der Waals surface area contributed by atoms with Crippen molar-refractivity contribution in [3.8, 4) is 17.4 Å². The van der Waals surface area contributed by atoms with E-state index in [9.17, 15) is 0 Å². The maximum absolute atomic E-state index is 6.31. The van der Waals surface area contributed by atoms with Crippen molar-refractivity contribution in [2.75, 3.05) is 20.8 Å². The maximum Gasteiger partial charge on any atom is 0.213 e. The van der Waals surface area contributed by atoms with E-state index in [1.54, 1.807) is 20.4 Å². The Kier molecular flexibility index (Phi) is 10.7. The number of rotatable bonds is 9. The van der Waals surface area contributed by atoms with Gasteiger partial charge < -0.3 is 24.8 Å². The Balaban J connectivity index is 0.00000341. The first-order valence-corrected chi connectivity index (χ1v) is 10.6. The van der Waals surface area contributed by atoms with Gasteiger partial charge in [0, 0.05) is 38.0 Å². The zero-order chi connectivity index (χ0) is 21.2. The van der Waals surface area contributed by atoms with E-state index in [1.807, 2.05) is 31.2 Å². The number of nitrogens with one attached hydrogen (secondary N) is 2. The molecule has 1 aliphatic carbocycles. The number of pyridine rings is 1. The number of para-hydroxylation sites is 1. The van der Waals surface area contributed by atoms with E-state index >= 15 is 0 Å². The summed E-state index contributed by atoms with van der Waals surface area (Å²) in [6, 6.07) is 9.88. The molecule has 3 rings (SSSR count). The maximum atomic E-state index is 6.31. The minimum atomic E-state index is 0. The van der Waals surface area contributed by atoms with E-state index in [1.165, 1.54) is 12.8 Å². The van der Waals surface area contributed by atoms with Crippen LogP contribution in [0, 0.1) is 0 Å². The van der Waals surface area contributed by atoms with Crippen LogP contribution in [0.25, 0.3) is 0 Å². The molecule has 0 unspecified atom stereocenters. The molecule has 1 aromatic carbocycles. The van der Waals surface area contributed by atoms with Crippen molar-refractivity contribution in [2.24, 2.45) is 4.99 Å². The molecule has 0 amide bonds. The highest BCUT2D eigenvalue weighted by atomic mass is 127. The zero-order valence-electron chi connectivity index (χ0n) is 18.5. The van der Waals surface area contributed by atoms with Crippen molar-refractivity contribution < 1.29 is 14.2 Å². The lowest BCUT2D eigenvalue weighted by Gasteiger charge is -2.20. The topological polar surface area (TPSA) is 77.0 Å². The van der Waals surface area contributed by atoms with Gasteiger partial charge in [-0.1, -0.05) is 12.1 Å². The lowest BCUT2D eigenvalue weighted by Crippen LogP contribution is -2.36. The third-order valence-corrected chi connectivity index (χ3v) is 5.09. The molecule has 170 valence electrons. The van der Waals surface area contributed by atoms with Gasteiger partial charge in [-0.2, -0.15) is 0 Å². The molecule has 8 heteroatoms. The summed E-state index contributed by atoms with van der Waals surface area (Å²) in [6.07, 6.45) is 6.67. The number of hydrogen-bond acceptors (Lipinski definition) is 5. The van der Waals surface area contributed by atoms with E-state index in [2.05, 4.69) is 26.7 Å². The van der Waals surface area contributed by atoms with Crippen LogP contribution in [0.5, 0.6) is 17.4 Å². The fourth-order valence-corrected chi connectivity index (χ4v) is 3.54. The number of nitrogens with zero attached hydrogens (tertiary/aromatic N) is 2. The van der Waals surface area contributed by atoms with Crippen LogP contribution in [0.15, 0.2) is 41.5 Å². The normalized spacial score (nSPS) is 14.0. The second-order valence-corrected chi connectivity index (χ2v) is 7.19. The van der Waals surface area contributed by atoms with Crippen LogP contribution >= 0.6 is 24.0 Å². The van der Waals surface area contributed by atoms with Gasteiger partial charge in [0.05, 0.1) is 19.8 Å². The number of hydrogen-bond donors (Lipinski definition) is 2. The minimum absolute atomic E-state index is 0. The summed E-state index contributed by atoms with van der Waals surface area (Å²) in [6.45, 7) is 3.74. The highest BCUT2D eigenvalue weighted by molar-refractivity contribution is 14.0.